The number of rotatable bonds is 2. The fourth-order valence-electron chi connectivity index (χ4n) is 2.67. The first kappa shape index (κ1) is 17.1. The first-order valence-electron chi connectivity index (χ1n) is 7.71. The van der Waals surface area contributed by atoms with Crippen molar-refractivity contribution in [2.45, 2.75) is 6.04 Å². The Bertz CT molecular complexity index is 762. The summed E-state index contributed by atoms with van der Waals surface area (Å²) in [6.45, 7) is 2.74. The van der Waals surface area contributed by atoms with Crippen LogP contribution in [0.3, 0.4) is 0 Å². The number of benzene rings is 2. The highest BCUT2D eigenvalue weighted by Gasteiger charge is 2.25. The summed E-state index contributed by atoms with van der Waals surface area (Å²) in [5.41, 5.74) is 1.54. The number of nitrogens with zero attached hydrogens (tertiary/aromatic N) is 1. The molecule has 3 rings (SSSR count). The first-order valence-corrected chi connectivity index (χ1v) is 8.47. The minimum absolute atomic E-state index is 0.0277. The fourth-order valence-corrected chi connectivity index (χ4v) is 3.18. The van der Waals surface area contributed by atoms with Crippen LogP contribution in [0.4, 0.5) is 0 Å². The quantitative estimate of drug-likeness (QED) is 0.816. The highest BCUT2D eigenvalue weighted by Crippen LogP contribution is 2.37. The lowest BCUT2D eigenvalue weighted by molar-refractivity contribution is 0.0266. The van der Waals surface area contributed by atoms with E-state index in [1.54, 1.807) is 6.07 Å². The molecule has 0 unspecified atom stereocenters. The number of halogens is 2. The van der Waals surface area contributed by atoms with Gasteiger partial charge in [-0.2, -0.15) is 0 Å². The molecule has 2 aromatic rings. The Hall–Kier alpha value is -1.70. The molecule has 1 aliphatic heterocycles. The predicted octanol–water partition coefficient (Wildman–Crippen LogP) is 4.12. The van der Waals surface area contributed by atoms with E-state index >= 15 is 0 Å². The van der Waals surface area contributed by atoms with Crippen molar-refractivity contribution in [3.63, 3.8) is 0 Å². The molecule has 1 N–H and O–H groups in total. The van der Waals surface area contributed by atoms with E-state index in [9.17, 15) is 5.11 Å². The van der Waals surface area contributed by atoms with E-state index in [1.165, 1.54) is 6.07 Å². The van der Waals surface area contributed by atoms with E-state index < -0.39 is 0 Å². The fraction of sp³-hybridized carbons (Fsp3) is 0.263. The number of morpholine rings is 1. The van der Waals surface area contributed by atoms with E-state index in [4.69, 9.17) is 27.9 Å². The minimum atomic E-state index is -0.301. The maximum absolute atomic E-state index is 10.4. The van der Waals surface area contributed by atoms with Crippen molar-refractivity contribution in [1.29, 1.82) is 0 Å². The van der Waals surface area contributed by atoms with Gasteiger partial charge in [0.25, 0.3) is 0 Å². The average molecular weight is 362 g/mol. The van der Waals surface area contributed by atoms with E-state index in [1.807, 2.05) is 30.3 Å². The monoisotopic (exact) mass is 361 g/mol. The van der Waals surface area contributed by atoms with Crippen LogP contribution in [0.1, 0.15) is 17.2 Å². The van der Waals surface area contributed by atoms with Crippen molar-refractivity contribution < 1.29 is 9.84 Å². The van der Waals surface area contributed by atoms with Crippen LogP contribution >= 0.6 is 23.2 Å². The van der Waals surface area contributed by atoms with Crippen LogP contribution in [0.25, 0.3) is 0 Å². The molecule has 1 saturated heterocycles. The van der Waals surface area contributed by atoms with Crippen molar-refractivity contribution in [1.82, 2.24) is 4.90 Å². The largest absolute Gasteiger partial charge is 0.506 e. The van der Waals surface area contributed by atoms with Gasteiger partial charge in [0.2, 0.25) is 0 Å². The second-order valence-electron chi connectivity index (χ2n) is 5.51. The molecule has 5 heteroatoms. The van der Waals surface area contributed by atoms with Gasteiger partial charge < -0.3 is 9.84 Å². The van der Waals surface area contributed by atoms with Crippen molar-refractivity contribution in [3.8, 4) is 17.6 Å². The number of hydrogen-bond acceptors (Lipinski definition) is 3. The molecule has 0 aromatic heterocycles. The number of phenols is 1. The van der Waals surface area contributed by atoms with Crippen LogP contribution < -0.4 is 0 Å². The van der Waals surface area contributed by atoms with E-state index in [2.05, 4.69) is 16.7 Å². The van der Waals surface area contributed by atoms with E-state index in [0.717, 1.165) is 18.7 Å². The van der Waals surface area contributed by atoms with Gasteiger partial charge in [0.15, 0.2) is 0 Å². The third kappa shape index (κ3) is 4.03. The molecule has 124 valence electrons. The number of hydrogen-bond donors (Lipinski definition) is 1. The lowest BCUT2D eigenvalue weighted by Crippen LogP contribution is -2.38. The van der Waals surface area contributed by atoms with E-state index in [-0.39, 0.29) is 16.8 Å². The Morgan fingerprint density at radius 1 is 1.08 bits per heavy atom. The summed E-state index contributed by atoms with van der Waals surface area (Å²) in [6.07, 6.45) is 0. The highest BCUT2D eigenvalue weighted by atomic mass is 35.5. The molecule has 24 heavy (non-hydrogen) atoms. The summed E-state index contributed by atoms with van der Waals surface area (Å²) in [5.74, 6) is 6.47. The maximum Gasteiger partial charge on any atom is 0.140 e. The van der Waals surface area contributed by atoms with Crippen molar-refractivity contribution >= 4 is 23.2 Å². The Kier molecular flexibility index (Phi) is 5.65. The normalized spacial score (nSPS) is 16.2. The summed E-state index contributed by atoms with van der Waals surface area (Å²) in [6, 6.07) is 12.7. The molecule has 1 heterocycles. The van der Waals surface area contributed by atoms with Crippen LogP contribution in [-0.4, -0.2) is 36.3 Å². The summed E-state index contributed by atoms with van der Waals surface area (Å²) in [4.78, 5) is 2.17. The van der Waals surface area contributed by atoms with Gasteiger partial charge in [0.1, 0.15) is 11.8 Å². The smallest absolute Gasteiger partial charge is 0.140 e. The Morgan fingerprint density at radius 3 is 2.50 bits per heavy atom. The standard InChI is InChI=1S/C19H17Cl2NO2/c20-15-12-16(19(23)17(21)13-15)18(22-8-10-24-11-9-22)7-6-14-4-2-1-3-5-14/h1-5,12-13,18,23H,8-11H2/t18-/m1/s1. The summed E-state index contributed by atoms with van der Waals surface area (Å²) < 4.78 is 5.42. The molecule has 3 nitrogen and oxygen atoms in total. The van der Waals surface area contributed by atoms with Crippen molar-refractivity contribution in [2.75, 3.05) is 26.3 Å². The van der Waals surface area contributed by atoms with Crippen LogP contribution in [0.2, 0.25) is 10.0 Å². The molecule has 2 aromatic carbocycles. The minimum Gasteiger partial charge on any atom is -0.506 e. The Balaban J connectivity index is 2.01. The average Bonchev–Trinajstić information content (AvgIpc) is 2.61. The molecular formula is C19H17Cl2NO2. The van der Waals surface area contributed by atoms with Crippen LogP contribution in [0.5, 0.6) is 5.75 Å². The van der Waals surface area contributed by atoms with Crippen molar-refractivity contribution in [2.24, 2.45) is 0 Å². The SMILES string of the molecule is Oc1c(Cl)cc(Cl)cc1[C@@H](C#Cc1ccccc1)N1CCOCC1. The lowest BCUT2D eigenvalue weighted by atomic mass is 10.0. The van der Waals surface area contributed by atoms with E-state index in [0.29, 0.717) is 23.8 Å². The molecule has 0 saturated carbocycles. The maximum atomic E-state index is 10.4. The zero-order valence-corrected chi connectivity index (χ0v) is 14.5. The van der Waals surface area contributed by atoms with Crippen LogP contribution in [-0.2, 0) is 4.74 Å². The molecule has 0 bridgehead atoms. The summed E-state index contributed by atoms with van der Waals surface area (Å²) in [7, 11) is 0. The zero-order chi connectivity index (χ0) is 16.9. The first-order chi connectivity index (χ1) is 11.6. The van der Waals surface area contributed by atoms with Gasteiger partial charge in [-0.1, -0.05) is 53.2 Å². The second-order valence-corrected chi connectivity index (χ2v) is 6.36. The van der Waals surface area contributed by atoms with Gasteiger partial charge in [-0.3, -0.25) is 4.90 Å². The number of ether oxygens (including phenoxy) is 1. The predicted molar refractivity (Wildman–Crippen MR) is 96.6 cm³/mol. The lowest BCUT2D eigenvalue weighted by Gasteiger charge is -2.32. The molecule has 0 radical (unpaired) electrons. The topological polar surface area (TPSA) is 32.7 Å². The molecule has 0 amide bonds. The van der Waals surface area contributed by atoms with Crippen LogP contribution in [0, 0.1) is 11.8 Å². The Labute approximate surface area is 151 Å². The molecule has 0 spiro atoms. The van der Waals surface area contributed by atoms with Gasteiger partial charge in [-0.15, -0.1) is 0 Å². The molecular weight excluding hydrogens is 345 g/mol. The second kappa shape index (κ2) is 7.92. The molecule has 0 aliphatic carbocycles. The highest BCUT2D eigenvalue weighted by molar-refractivity contribution is 6.35. The third-order valence-corrected chi connectivity index (χ3v) is 4.40. The number of phenolic OH excluding ortho intramolecular Hbond substituents is 1. The van der Waals surface area contributed by atoms with Gasteiger partial charge >= 0.3 is 0 Å². The molecule has 1 atom stereocenters. The zero-order valence-electron chi connectivity index (χ0n) is 13.0. The van der Waals surface area contributed by atoms with Crippen LogP contribution in [0.15, 0.2) is 42.5 Å². The Morgan fingerprint density at radius 2 is 1.79 bits per heavy atom. The van der Waals surface area contributed by atoms with Gasteiger partial charge in [-0.05, 0) is 24.3 Å². The van der Waals surface area contributed by atoms with Crippen molar-refractivity contribution in [3.05, 3.63) is 63.6 Å². The van der Waals surface area contributed by atoms with Gasteiger partial charge in [0, 0.05) is 29.2 Å². The summed E-state index contributed by atoms with van der Waals surface area (Å²) >= 11 is 12.2. The number of aromatic hydroxyl groups is 1. The molecule has 1 aliphatic rings. The van der Waals surface area contributed by atoms with Gasteiger partial charge in [0.05, 0.1) is 18.2 Å². The molecule has 1 fully saturated rings. The summed E-state index contributed by atoms with van der Waals surface area (Å²) in [5, 5.41) is 11.1. The van der Waals surface area contributed by atoms with Gasteiger partial charge in [-0.25, -0.2) is 0 Å². The third-order valence-electron chi connectivity index (χ3n) is 3.89.